The van der Waals surface area contributed by atoms with Gasteiger partial charge in [0.25, 0.3) is 0 Å². The van der Waals surface area contributed by atoms with Crippen LogP contribution in [0.1, 0.15) is 93.7 Å². The Bertz CT molecular complexity index is 591. The van der Waals surface area contributed by atoms with Gasteiger partial charge in [-0.1, -0.05) is 51.5 Å². The Kier molecular flexibility index (Phi) is 6.65. The highest BCUT2D eigenvalue weighted by atomic mass is 19.3. The number of ether oxygens (including phenoxy) is 1. The molecule has 0 radical (unpaired) electrons. The fraction of sp³-hybridized carbons (Fsp3) is 0.727. The Balaban J connectivity index is 1.53. The van der Waals surface area contributed by atoms with Gasteiger partial charge in [-0.15, -0.1) is 0 Å². The predicted molar refractivity (Wildman–Crippen MR) is 97.9 cm³/mol. The second kappa shape index (κ2) is 8.77. The minimum atomic E-state index is -3.25. The van der Waals surface area contributed by atoms with E-state index in [4.69, 9.17) is 0 Å². The van der Waals surface area contributed by atoms with Gasteiger partial charge in [0, 0.05) is 5.56 Å². The predicted octanol–water partition coefficient (Wildman–Crippen LogP) is 7.13. The SMILES string of the molecule is CCCCCCCC1CCC(c2cc(F)c3c(c2)COC(F)(F)C3)CC1. The normalized spacial score (nSPS) is 25.1. The van der Waals surface area contributed by atoms with Gasteiger partial charge in [-0.3, -0.25) is 0 Å². The molecule has 1 saturated carbocycles. The van der Waals surface area contributed by atoms with E-state index in [-0.39, 0.29) is 12.2 Å². The molecule has 1 nitrogen and oxygen atoms in total. The molecule has 146 valence electrons. The van der Waals surface area contributed by atoms with Crippen LogP contribution in [0.3, 0.4) is 0 Å². The molecule has 1 aromatic carbocycles. The van der Waals surface area contributed by atoms with Gasteiger partial charge in [0.15, 0.2) is 0 Å². The molecule has 3 rings (SSSR count). The first-order valence-corrected chi connectivity index (χ1v) is 10.3. The summed E-state index contributed by atoms with van der Waals surface area (Å²) in [6.45, 7) is 2.04. The average Bonchev–Trinajstić information content (AvgIpc) is 2.62. The Hall–Kier alpha value is -1.03. The fourth-order valence-electron chi connectivity index (χ4n) is 4.54. The maximum absolute atomic E-state index is 14.4. The number of unbranched alkanes of at least 4 members (excludes halogenated alkanes) is 4. The minimum Gasteiger partial charge on any atom is -0.315 e. The van der Waals surface area contributed by atoms with Crippen LogP contribution in [0.4, 0.5) is 13.2 Å². The molecule has 0 N–H and O–H groups in total. The monoisotopic (exact) mass is 368 g/mol. The Morgan fingerprint density at radius 1 is 1.04 bits per heavy atom. The van der Waals surface area contributed by atoms with Gasteiger partial charge >= 0.3 is 6.11 Å². The van der Waals surface area contributed by atoms with E-state index in [1.165, 1.54) is 57.4 Å². The molecule has 1 aliphatic heterocycles. The van der Waals surface area contributed by atoms with Crippen molar-refractivity contribution < 1.29 is 17.9 Å². The molecule has 2 aliphatic rings. The maximum Gasteiger partial charge on any atom is 0.360 e. The van der Waals surface area contributed by atoms with E-state index in [9.17, 15) is 13.2 Å². The van der Waals surface area contributed by atoms with Crippen molar-refractivity contribution in [2.45, 2.75) is 96.2 Å². The smallest absolute Gasteiger partial charge is 0.315 e. The van der Waals surface area contributed by atoms with E-state index < -0.39 is 18.3 Å². The molecule has 1 heterocycles. The molecule has 1 fully saturated rings. The highest BCUT2D eigenvalue weighted by Gasteiger charge is 2.37. The lowest BCUT2D eigenvalue weighted by Crippen LogP contribution is -2.30. The first kappa shape index (κ1) is 19.7. The first-order valence-electron chi connectivity index (χ1n) is 10.3. The Morgan fingerprint density at radius 2 is 1.77 bits per heavy atom. The lowest BCUT2D eigenvalue weighted by Gasteiger charge is -2.31. The molecule has 26 heavy (non-hydrogen) atoms. The van der Waals surface area contributed by atoms with E-state index in [0.29, 0.717) is 11.5 Å². The quantitative estimate of drug-likeness (QED) is 0.465. The highest BCUT2D eigenvalue weighted by molar-refractivity contribution is 5.36. The number of benzene rings is 1. The van der Waals surface area contributed by atoms with E-state index in [2.05, 4.69) is 11.7 Å². The fourth-order valence-corrected chi connectivity index (χ4v) is 4.54. The van der Waals surface area contributed by atoms with Crippen molar-refractivity contribution >= 4 is 0 Å². The van der Waals surface area contributed by atoms with Crippen LogP contribution < -0.4 is 0 Å². The van der Waals surface area contributed by atoms with E-state index in [1.54, 1.807) is 0 Å². The molecule has 0 spiro atoms. The lowest BCUT2D eigenvalue weighted by atomic mass is 9.76. The van der Waals surface area contributed by atoms with Gasteiger partial charge in [-0.2, -0.15) is 8.78 Å². The van der Waals surface area contributed by atoms with E-state index in [1.807, 2.05) is 6.07 Å². The van der Waals surface area contributed by atoms with Crippen LogP contribution >= 0.6 is 0 Å². The third-order valence-corrected chi connectivity index (χ3v) is 6.17. The molecular formula is C22H31F3O. The molecule has 0 atom stereocenters. The number of alkyl halides is 2. The zero-order chi connectivity index (χ0) is 18.6. The zero-order valence-corrected chi connectivity index (χ0v) is 15.8. The summed E-state index contributed by atoms with van der Waals surface area (Å²) in [6, 6.07) is 3.40. The third kappa shape index (κ3) is 5.03. The second-order valence-electron chi connectivity index (χ2n) is 8.16. The highest BCUT2D eigenvalue weighted by Crippen LogP contribution is 2.40. The molecule has 1 aliphatic carbocycles. The number of hydrogen-bond acceptors (Lipinski definition) is 1. The second-order valence-corrected chi connectivity index (χ2v) is 8.16. The largest absolute Gasteiger partial charge is 0.360 e. The lowest BCUT2D eigenvalue weighted by molar-refractivity contribution is -0.251. The topological polar surface area (TPSA) is 9.23 Å². The Labute approximate surface area is 155 Å². The number of halogens is 3. The van der Waals surface area contributed by atoms with Crippen LogP contribution in [-0.4, -0.2) is 6.11 Å². The average molecular weight is 368 g/mol. The number of fused-ring (bicyclic) bond motifs is 1. The summed E-state index contributed by atoms with van der Waals surface area (Å²) in [5, 5.41) is 0. The van der Waals surface area contributed by atoms with Gasteiger partial charge in [-0.25, -0.2) is 4.39 Å². The van der Waals surface area contributed by atoms with Gasteiger partial charge in [0.2, 0.25) is 0 Å². The van der Waals surface area contributed by atoms with E-state index in [0.717, 1.165) is 24.3 Å². The third-order valence-electron chi connectivity index (χ3n) is 6.17. The van der Waals surface area contributed by atoms with Crippen molar-refractivity contribution in [2.75, 3.05) is 0 Å². The number of rotatable bonds is 7. The van der Waals surface area contributed by atoms with Crippen molar-refractivity contribution in [1.82, 2.24) is 0 Å². The summed E-state index contributed by atoms with van der Waals surface area (Å²) < 4.78 is 45.7. The van der Waals surface area contributed by atoms with Crippen LogP contribution in [0.15, 0.2) is 12.1 Å². The molecule has 4 heteroatoms. The summed E-state index contributed by atoms with van der Waals surface area (Å²) in [4.78, 5) is 0. The van der Waals surface area contributed by atoms with Crippen molar-refractivity contribution in [3.05, 3.63) is 34.6 Å². The minimum absolute atomic E-state index is 0.130. The van der Waals surface area contributed by atoms with Crippen LogP contribution in [0, 0.1) is 11.7 Å². The molecule has 0 saturated heterocycles. The summed E-state index contributed by atoms with van der Waals surface area (Å²) in [5.74, 6) is 0.671. The molecule has 0 unspecified atom stereocenters. The zero-order valence-electron chi connectivity index (χ0n) is 15.8. The summed E-state index contributed by atoms with van der Waals surface area (Å²) in [6.07, 6.45) is 8.62. The molecule has 1 aromatic rings. The van der Waals surface area contributed by atoms with Gasteiger partial charge in [0.05, 0.1) is 13.0 Å². The molecule has 0 bridgehead atoms. The Morgan fingerprint density at radius 3 is 2.50 bits per heavy atom. The standard InChI is InChI=1S/C22H31F3O/c1-2-3-4-5-6-7-16-8-10-17(11-9-16)18-12-19-15-26-22(24,25)14-20(19)21(23)13-18/h12-13,16-17H,2-11,14-15H2,1H3. The van der Waals surface area contributed by atoms with Crippen molar-refractivity contribution in [3.8, 4) is 0 Å². The number of hydrogen-bond donors (Lipinski definition) is 0. The first-order chi connectivity index (χ1) is 12.5. The van der Waals surface area contributed by atoms with Gasteiger partial charge in [0.1, 0.15) is 5.82 Å². The molecule has 0 aromatic heterocycles. The van der Waals surface area contributed by atoms with Gasteiger partial charge < -0.3 is 4.74 Å². The van der Waals surface area contributed by atoms with E-state index >= 15 is 0 Å². The van der Waals surface area contributed by atoms with Gasteiger partial charge in [-0.05, 0) is 54.7 Å². The van der Waals surface area contributed by atoms with Crippen LogP contribution in [-0.2, 0) is 17.8 Å². The summed E-state index contributed by atoms with van der Waals surface area (Å²) >= 11 is 0. The van der Waals surface area contributed by atoms with Crippen molar-refractivity contribution in [3.63, 3.8) is 0 Å². The van der Waals surface area contributed by atoms with Crippen LogP contribution in [0.5, 0.6) is 0 Å². The maximum atomic E-state index is 14.4. The molecule has 0 amide bonds. The van der Waals surface area contributed by atoms with Crippen molar-refractivity contribution in [2.24, 2.45) is 5.92 Å². The summed E-state index contributed by atoms with van der Waals surface area (Å²) in [5.41, 5.74) is 1.70. The summed E-state index contributed by atoms with van der Waals surface area (Å²) in [7, 11) is 0. The van der Waals surface area contributed by atoms with Crippen LogP contribution in [0.2, 0.25) is 0 Å². The van der Waals surface area contributed by atoms with Crippen molar-refractivity contribution in [1.29, 1.82) is 0 Å². The molecular weight excluding hydrogens is 337 g/mol. The van der Waals surface area contributed by atoms with Crippen LogP contribution in [0.25, 0.3) is 0 Å².